The highest BCUT2D eigenvalue weighted by atomic mass is 16.2. The summed E-state index contributed by atoms with van der Waals surface area (Å²) in [6.07, 6.45) is 7.23. The molecule has 1 aromatic carbocycles. The second-order valence-electron chi connectivity index (χ2n) is 9.90. The number of carbonyl (C=O) groups excluding carboxylic acids is 1. The Balaban J connectivity index is 1.47. The van der Waals surface area contributed by atoms with Gasteiger partial charge in [-0.15, -0.1) is 0 Å². The molecule has 1 amide bonds. The molecule has 0 bridgehead atoms. The van der Waals surface area contributed by atoms with E-state index in [-0.39, 0.29) is 0 Å². The Morgan fingerprint density at radius 1 is 1.23 bits per heavy atom. The van der Waals surface area contributed by atoms with Crippen molar-refractivity contribution < 1.29 is 4.79 Å². The summed E-state index contributed by atoms with van der Waals surface area (Å²) < 4.78 is 0. The van der Waals surface area contributed by atoms with Crippen molar-refractivity contribution in [2.45, 2.75) is 58.4 Å². The lowest BCUT2D eigenvalue weighted by Gasteiger charge is -2.39. The lowest BCUT2D eigenvalue weighted by atomic mass is 9.82. The predicted molar refractivity (Wildman–Crippen MR) is 127 cm³/mol. The minimum Gasteiger partial charge on any atom is -0.342 e. The molecule has 2 saturated heterocycles. The lowest BCUT2D eigenvalue weighted by Crippen LogP contribution is -2.44. The van der Waals surface area contributed by atoms with Crippen molar-refractivity contribution >= 4 is 23.0 Å². The number of hydrogen-bond acceptors (Lipinski definition) is 4. The van der Waals surface area contributed by atoms with Gasteiger partial charge >= 0.3 is 0 Å². The number of likely N-dealkylation sites (tertiary alicyclic amines) is 2. The first-order valence-corrected chi connectivity index (χ1v) is 11.9. The van der Waals surface area contributed by atoms with Gasteiger partial charge in [0.1, 0.15) is 0 Å². The number of nitrogens with one attached hydrogen (secondary N) is 1. The van der Waals surface area contributed by atoms with Crippen LogP contribution in [0.1, 0.15) is 63.5 Å². The summed E-state index contributed by atoms with van der Waals surface area (Å²) >= 11 is 0. The topological polar surface area (TPSA) is 60.3 Å². The highest BCUT2D eigenvalue weighted by Gasteiger charge is 2.31. The van der Waals surface area contributed by atoms with Crippen LogP contribution in [-0.2, 0) is 4.79 Å². The van der Waals surface area contributed by atoms with Crippen molar-refractivity contribution in [3.8, 4) is 0 Å². The maximum Gasteiger partial charge on any atom is 0.222 e. The van der Waals surface area contributed by atoms with E-state index in [4.69, 9.17) is 5.41 Å². The molecule has 0 saturated carbocycles. The van der Waals surface area contributed by atoms with Gasteiger partial charge < -0.3 is 15.2 Å². The van der Waals surface area contributed by atoms with Crippen LogP contribution >= 0.6 is 0 Å². The third-order valence-corrected chi connectivity index (χ3v) is 7.29. The van der Waals surface area contributed by atoms with Crippen molar-refractivity contribution in [1.82, 2.24) is 14.8 Å². The van der Waals surface area contributed by atoms with Crippen LogP contribution in [0.3, 0.4) is 0 Å². The quantitative estimate of drug-likeness (QED) is 0.714. The fourth-order valence-corrected chi connectivity index (χ4v) is 5.52. The van der Waals surface area contributed by atoms with Crippen LogP contribution in [0.25, 0.3) is 10.9 Å². The molecule has 1 aromatic heterocycles. The van der Waals surface area contributed by atoms with Crippen molar-refractivity contribution in [3.05, 3.63) is 41.6 Å². The third-order valence-electron chi connectivity index (χ3n) is 7.29. The van der Waals surface area contributed by atoms with Gasteiger partial charge in [0.2, 0.25) is 5.91 Å². The standard InChI is InChI=1S/C26H36N4O/c1-18(2)29-11-8-20(9-12-29)14-25(31)30-16-19(3)13-22(17-30)23-7-6-21(15-27)26-24(23)5-4-10-28-26/h4-7,10,15,18-20,22,27H,8-9,11-14,16-17H2,1-3H3/t19-,22+/m1/s1. The molecular weight excluding hydrogens is 384 g/mol. The Bertz CT molecular complexity index is 932. The summed E-state index contributed by atoms with van der Waals surface area (Å²) in [6, 6.07) is 8.84. The normalized spacial score (nSPS) is 23.4. The van der Waals surface area contributed by atoms with Gasteiger partial charge in [0.15, 0.2) is 0 Å². The number of pyridine rings is 1. The molecule has 2 atom stereocenters. The minimum absolute atomic E-state index is 0.321. The largest absolute Gasteiger partial charge is 0.342 e. The van der Waals surface area contributed by atoms with Crippen LogP contribution < -0.4 is 0 Å². The molecule has 2 aliphatic heterocycles. The van der Waals surface area contributed by atoms with Gasteiger partial charge in [0, 0.05) is 54.8 Å². The van der Waals surface area contributed by atoms with Gasteiger partial charge in [-0.1, -0.05) is 25.1 Å². The van der Waals surface area contributed by atoms with Crippen LogP contribution in [0.4, 0.5) is 0 Å². The first-order valence-electron chi connectivity index (χ1n) is 11.9. The van der Waals surface area contributed by atoms with Gasteiger partial charge in [-0.05, 0) is 69.7 Å². The van der Waals surface area contributed by atoms with E-state index in [0.717, 1.165) is 61.9 Å². The second-order valence-corrected chi connectivity index (χ2v) is 9.90. The zero-order chi connectivity index (χ0) is 22.0. The third kappa shape index (κ3) is 4.82. The number of carbonyl (C=O) groups is 1. The van der Waals surface area contributed by atoms with E-state index in [2.05, 4.69) is 47.7 Å². The number of aromatic nitrogens is 1. The molecule has 166 valence electrons. The molecule has 4 rings (SSSR count). The van der Waals surface area contributed by atoms with Crippen molar-refractivity contribution in [1.29, 1.82) is 5.41 Å². The predicted octanol–water partition coefficient (Wildman–Crippen LogP) is 4.69. The Hall–Kier alpha value is -2.27. The molecular formula is C26H36N4O. The first-order chi connectivity index (χ1) is 15.0. The Labute approximate surface area is 186 Å². The molecule has 3 heterocycles. The van der Waals surface area contributed by atoms with Gasteiger partial charge in [-0.3, -0.25) is 9.78 Å². The number of amides is 1. The molecule has 31 heavy (non-hydrogen) atoms. The second kappa shape index (κ2) is 9.47. The first kappa shape index (κ1) is 21.9. The molecule has 5 nitrogen and oxygen atoms in total. The number of fused-ring (bicyclic) bond motifs is 1. The van der Waals surface area contributed by atoms with Gasteiger partial charge in [-0.25, -0.2) is 0 Å². The molecule has 2 aliphatic rings. The highest BCUT2D eigenvalue weighted by molar-refractivity contribution is 5.98. The van der Waals surface area contributed by atoms with E-state index in [0.29, 0.717) is 36.1 Å². The fourth-order valence-electron chi connectivity index (χ4n) is 5.52. The van der Waals surface area contributed by atoms with Crippen LogP contribution in [-0.4, -0.2) is 59.1 Å². The molecule has 0 radical (unpaired) electrons. The lowest BCUT2D eigenvalue weighted by molar-refractivity contribution is -0.134. The number of rotatable bonds is 5. The Morgan fingerprint density at radius 3 is 2.71 bits per heavy atom. The molecule has 2 fully saturated rings. The number of piperidine rings is 2. The summed E-state index contributed by atoms with van der Waals surface area (Å²) in [5, 5.41) is 8.82. The van der Waals surface area contributed by atoms with Gasteiger partial charge in [0.05, 0.1) is 5.52 Å². The number of nitrogens with zero attached hydrogens (tertiary/aromatic N) is 3. The molecule has 0 spiro atoms. The Kier molecular flexibility index (Phi) is 6.71. The van der Waals surface area contributed by atoms with Crippen LogP contribution in [0.5, 0.6) is 0 Å². The monoisotopic (exact) mass is 420 g/mol. The van der Waals surface area contributed by atoms with E-state index in [9.17, 15) is 4.79 Å². The van der Waals surface area contributed by atoms with Crippen molar-refractivity contribution in [2.24, 2.45) is 11.8 Å². The van der Waals surface area contributed by atoms with Crippen LogP contribution in [0.15, 0.2) is 30.5 Å². The highest BCUT2D eigenvalue weighted by Crippen LogP contribution is 2.35. The summed E-state index contributed by atoms with van der Waals surface area (Å²) in [5.74, 6) is 1.66. The number of hydrogen-bond donors (Lipinski definition) is 1. The van der Waals surface area contributed by atoms with Gasteiger partial charge in [-0.2, -0.15) is 0 Å². The number of benzene rings is 1. The maximum absolute atomic E-state index is 13.2. The van der Waals surface area contributed by atoms with E-state index < -0.39 is 0 Å². The van der Waals surface area contributed by atoms with E-state index >= 15 is 0 Å². The average Bonchev–Trinajstić information content (AvgIpc) is 2.78. The maximum atomic E-state index is 13.2. The summed E-state index contributed by atoms with van der Waals surface area (Å²) in [6.45, 7) is 10.7. The smallest absolute Gasteiger partial charge is 0.222 e. The molecule has 0 unspecified atom stereocenters. The minimum atomic E-state index is 0.321. The van der Waals surface area contributed by atoms with Crippen LogP contribution in [0.2, 0.25) is 0 Å². The van der Waals surface area contributed by atoms with E-state index in [1.54, 1.807) is 6.20 Å². The van der Waals surface area contributed by atoms with Crippen LogP contribution in [0, 0.1) is 17.2 Å². The zero-order valence-electron chi connectivity index (χ0n) is 19.2. The average molecular weight is 421 g/mol. The summed E-state index contributed by atoms with van der Waals surface area (Å²) in [7, 11) is 0. The summed E-state index contributed by atoms with van der Waals surface area (Å²) in [4.78, 5) is 22.4. The summed E-state index contributed by atoms with van der Waals surface area (Å²) in [5.41, 5.74) is 3.01. The molecule has 5 heteroatoms. The fraction of sp³-hybridized carbons (Fsp3) is 0.577. The zero-order valence-corrected chi connectivity index (χ0v) is 19.2. The SMILES string of the molecule is CC(C)N1CCC(CC(=O)N2C[C@H](C)C[C@H](c3ccc(C=N)c4ncccc34)C2)CC1. The Morgan fingerprint density at radius 2 is 2.00 bits per heavy atom. The molecule has 1 N–H and O–H groups in total. The molecule has 2 aromatic rings. The van der Waals surface area contributed by atoms with Gasteiger partial charge in [0.25, 0.3) is 0 Å². The van der Waals surface area contributed by atoms with Crippen molar-refractivity contribution in [3.63, 3.8) is 0 Å². The van der Waals surface area contributed by atoms with Crippen molar-refractivity contribution in [2.75, 3.05) is 26.2 Å². The van der Waals surface area contributed by atoms with E-state index in [1.807, 2.05) is 12.1 Å². The molecule has 0 aliphatic carbocycles. The van der Waals surface area contributed by atoms with E-state index in [1.165, 1.54) is 11.8 Å².